The van der Waals surface area contributed by atoms with Gasteiger partial charge in [-0.1, -0.05) is 19.1 Å². The van der Waals surface area contributed by atoms with E-state index in [-0.39, 0.29) is 11.3 Å². The van der Waals surface area contributed by atoms with Crippen LogP contribution in [0.4, 0.5) is 0 Å². The number of hydrogen-bond donors (Lipinski definition) is 1. The van der Waals surface area contributed by atoms with E-state index in [9.17, 15) is 14.7 Å². The average Bonchev–Trinajstić information content (AvgIpc) is 3.03. The van der Waals surface area contributed by atoms with E-state index in [1.54, 1.807) is 55.9 Å². The smallest absolute Gasteiger partial charge is 0.295 e. The lowest BCUT2D eigenvalue weighted by molar-refractivity contribution is -0.140. The molecular formula is C23H26N2O5. The van der Waals surface area contributed by atoms with E-state index in [1.165, 1.54) is 4.90 Å². The highest BCUT2D eigenvalue weighted by Gasteiger charge is 2.45. The number of hydrogen-bond acceptors (Lipinski definition) is 6. The quantitative estimate of drug-likeness (QED) is 0.295. The number of rotatable bonds is 9. The zero-order chi connectivity index (χ0) is 21.5. The van der Waals surface area contributed by atoms with Crippen LogP contribution in [0, 0.1) is 0 Å². The van der Waals surface area contributed by atoms with Crippen molar-refractivity contribution in [2.75, 3.05) is 26.9 Å². The molecule has 0 radical (unpaired) electrons. The number of ketones is 1. The minimum absolute atomic E-state index is 0.0660. The van der Waals surface area contributed by atoms with Crippen molar-refractivity contribution >= 4 is 17.4 Å². The number of nitrogens with zero attached hydrogens (tertiary/aromatic N) is 2. The number of likely N-dealkylation sites (tertiary alicyclic amines) is 1. The number of pyridine rings is 1. The Morgan fingerprint density at radius 2 is 1.93 bits per heavy atom. The Hall–Kier alpha value is -3.19. The molecule has 2 heterocycles. The molecule has 1 aromatic heterocycles. The first-order valence-electron chi connectivity index (χ1n) is 9.99. The molecule has 7 nitrogen and oxygen atoms in total. The maximum Gasteiger partial charge on any atom is 0.295 e. The number of aliphatic hydroxyl groups is 1. The summed E-state index contributed by atoms with van der Waals surface area (Å²) >= 11 is 0. The van der Waals surface area contributed by atoms with Gasteiger partial charge in [0.05, 0.1) is 18.2 Å². The van der Waals surface area contributed by atoms with E-state index in [0.717, 1.165) is 6.42 Å². The van der Waals surface area contributed by atoms with Crippen LogP contribution in [0.5, 0.6) is 5.75 Å². The van der Waals surface area contributed by atoms with E-state index in [0.29, 0.717) is 43.1 Å². The second-order valence-electron chi connectivity index (χ2n) is 7.00. The van der Waals surface area contributed by atoms with Crippen molar-refractivity contribution in [3.63, 3.8) is 0 Å². The summed E-state index contributed by atoms with van der Waals surface area (Å²) in [6, 6.07) is 9.70. The fraction of sp³-hybridized carbons (Fsp3) is 0.348. The molecule has 0 aliphatic carbocycles. The molecule has 1 saturated heterocycles. The first-order valence-corrected chi connectivity index (χ1v) is 9.99. The lowest BCUT2D eigenvalue weighted by Gasteiger charge is -2.25. The van der Waals surface area contributed by atoms with Gasteiger partial charge in [-0.25, -0.2) is 0 Å². The zero-order valence-corrected chi connectivity index (χ0v) is 17.2. The normalized spacial score (nSPS) is 18.1. The van der Waals surface area contributed by atoms with Crippen molar-refractivity contribution in [2.45, 2.75) is 25.8 Å². The molecule has 1 atom stereocenters. The molecule has 1 N–H and O–H groups in total. The number of amides is 1. The molecule has 158 valence electrons. The second-order valence-corrected chi connectivity index (χ2v) is 7.00. The summed E-state index contributed by atoms with van der Waals surface area (Å²) in [5.74, 6) is -0.957. The van der Waals surface area contributed by atoms with Gasteiger partial charge in [-0.15, -0.1) is 0 Å². The van der Waals surface area contributed by atoms with Gasteiger partial charge in [0.2, 0.25) is 0 Å². The van der Waals surface area contributed by atoms with Gasteiger partial charge in [0.15, 0.2) is 0 Å². The highest BCUT2D eigenvalue weighted by Crippen LogP contribution is 2.39. The fourth-order valence-corrected chi connectivity index (χ4v) is 3.49. The molecule has 0 saturated carbocycles. The molecule has 0 bridgehead atoms. The summed E-state index contributed by atoms with van der Waals surface area (Å²) in [7, 11) is 1.59. The summed E-state index contributed by atoms with van der Waals surface area (Å²) in [6.07, 6.45) is 4.63. The SMILES string of the molecule is CCCOc1cccc(/C(O)=C2/C(=O)C(=O)N(CCCOC)C2c2ccncc2)c1. The van der Waals surface area contributed by atoms with Crippen molar-refractivity contribution in [1.82, 2.24) is 9.88 Å². The van der Waals surface area contributed by atoms with Gasteiger partial charge >= 0.3 is 0 Å². The van der Waals surface area contributed by atoms with Crippen molar-refractivity contribution in [3.05, 3.63) is 65.5 Å². The Kier molecular flexibility index (Phi) is 7.19. The van der Waals surface area contributed by atoms with E-state index >= 15 is 0 Å². The first kappa shape index (κ1) is 21.5. The molecule has 1 fully saturated rings. The lowest BCUT2D eigenvalue weighted by Crippen LogP contribution is -2.31. The molecule has 0 spiro atoms. The van der Waals surface area contributed by atoms with Crippen molar-refractivity contribution in [1.29, 1.82) is 0 Å². The molecule has 2 aromatic rings. The van der Waals surface area contributed by atoms with Gasteiger partial charge in [-0.3, -0.25) is 14.6 Å². The zero-order valence-electron chi connectivity index (χ0n) is 17.2. The number of aliphatic hydroxyl groups excluding tert-OH is 1. The number of benzene rings is 1. The average molecular weight is 410 g/mol. The number of ether oxygens (including phenoxy) is 2. The fourth-order valence-electron chi connectivity index (χ4n) is 3.49. The molecular weight excluding hydrogens is 384 g/mol. The van der Waals surface area contributed by atoms with Crippen LogP contribution in [0.3, 0.4) is 0 Å². The van der Waals surface area contributed by atoms with Gasteiger partial charge in [0.1, 0.15) is 11.5 Å². The van der Waals surface area contributed by atoms with Crippen LogP contribution in [-0.4, -0.2) is 53.5 Å². The summed E-state index contributed by atoms with van der Waals surface area (Å²) in [5, 5.41) is 11.1. The second kappa shape index (κ2) is 10.0. The Balaban J connectivity index is 2.05. The highest BCUT2D eigenvalue weighted by molar-refractivity contribution is 6.46. The molecule has 1 aromatic carbocycles. The number of aromatic nitrogens is 1. The van der Waals surface area contributed by atoms with Gasteiger partial charge in [-0.05, 0) is 42.7 Å². The maximum absolute atomic E-state index is 12.9. The third-order valence-corrected chi connectivity index (χ3v) is 4.89. The van der Waals surface area contributed by atoms with E-state index in [4.69, 9.17) is 9.47 Å². The van der Waals surface area contributed by atoms with Crippen molar-refractivity contribution < 1.29 is 24.2 Å². The summed E-state index contributed by atoms with van der Waals surface area (Å²) < 4.78 is 10.7. The Bertz CT molecular complexity index is 926. The largest absolute Gasteiger partial charge is 0.507 e. The molecule has 1 aliphatic rings. The summed E-state index contributed by atoms with van der Waals surface area (Å²) in [5.41, 5.74) is 1.20. The van der Waals surface area contributed by atoms with Gasteiger partial charge < -0.3 is 19.5 Å². The minimum Gasteiger partial charge on any atom is -0.507 e. The molecule has 1 unspecified atom stereocenters. The number of Topliss-reactive ketones (excluding diaryl/α,β-unsaturated/α-hetero) is 1. The van der Waals surface area contributed by atoms with Crippen molar-refractivity contribution in [3.8, 4) is 5.75 Å². The van der Waals surface area contributed by atoms with Gasteiger partial charge in [-0.2, -0.15) is 0 Å². The molecule has 1 aliphatic heterocycles. The van der Waals surface area contributed by atoms with Gasteiger partial charge in [0.25, 0.3) is 11.7 Å². The molecule has 1 amide bonds. The van der Waals surface area contributed by atoms with Crippen LogP contribution in [0.25, 0.3) is 5.76 Å². The molecule has 30 heavy (non-hydrogen) atoms. The van der Waals surface area contributed by atoms with Gasteiger partial charge in [0, 0.05) is 38.2 Å². The van der Waals surface area contributed by atoms with E-state index in [1.807, 2.05) is 6.92 Å². The lowest BCUT2D eigenvalue weighted by atomic mass is 9.96. The third kappa shape index (κ3) is 4.52. The van der Waals surface area contributed by atoms with Crippen LogP contribution in [0.2, 0.25) is 0 Å². The topological polar surface area (TPSA) is 89.0 Å². The van der Waals surface area contributed by atoms with E-state index < -0.39 is 17.7 Å². The third-order valence-electron chi connectivity index (χ3n) is 4.89. The minimum atomic E-state index is -0.702. The number of methoxy groups -OCH3 is 1. The van der Waals surface area contributed by atoms with Crippen LogP contribution in [0.1, 0.15) is 36.9 Å². The first-order chi connectivity index (χ1) is 14.6. The van der Waals surface area contributed by atoms with Crippen LogP contribution >= 0.6 is 0 Å². The number of carbonyl (C=O) groups is 2. The molecule has 7 heteroatoms. The standard InChI is InChI=1S/C23H26N2O5/c1-3-13-30-18-7-4-6-17(15-18)21(26)19-20(16-8-10-24-11-9-16)25(12-5-14-29-2)23(28)22(19)27/h4,6-11,15,20,26H,3,5,12-14H2,1-2H3/b21-19-. The summed E-state index contributed by atoms with van der Waals surface area (Å²) in [6.45, 7) is 3.35. The van der Waals surface area contributed by atoms with Crippen LogP contribution in [-0.2, 0) is 14.3 Å². The maximum atomic E-state index is 12.9. The Labute approximate surface area is 175 Å². The highest BCUT2D eigenvalue weighted by atomic mass is 16.5. The van der Waals surface area contributed by atoms with Crippen molar-refractivity contribution in [2.24, 2.45) is 0 Å². The molecule has 3 rings (SSSR count). The predicted molar refractivity (Wildman–Crippen MR) is 112 cm³/mol. The van der Waals surface area contributed by atoms with E-state index in [2.05, 4.69) is 4.98 Å². The summed E-state index contributed by atoms with van der Waals surface area (Å²) in [4.78, 5) is 31.2. The Morgan fingerprint density at radius 1 is 1.17 bits per heavy atom. The number of carbonyl (C=O) groups excluding carboxylic acids is 2. The van der Waals surface area contributed by atoms with Crippen LogP contribution < -0.4 is 4.74 Å². The van der Waals surface area contributed by atoms with Crippen LogP contribution in [0.15, 0.2) is 54.4 Å². The predicted octanol–water partition coefficient (Wildman–Crippen LogP) is 3.33. The monoisotopic (exact) mass is 410 g/mol. The Morgan fingerprint density at radius 3 is 2.63 bits per heavy atom.